The van der Waals surface area contributed by atoms with Crippen molar-refractivity contribution in [1.82, 2.24) is 24.7 Å². The second-order valence-corrected chi connectivity index (χ2v) is 11.2. The number of aromatic nitrogens is 4. The molecule has 0 atom stereocenters. The molecule has 3 heterocycles. The van der Waals surface area contributed by atoms with Gasteiger partial charge in [0.15, 0.2) is 5.43 Å². The van der Waals surface area contributed by atoms with Gasteiger partial charge >= 0.3 is 0 Å². The molecule has 11 nitrogen and oxygen atoms in total. The molecular formula is C29H26N6O5S. The first-order chi connectivity index (χ1) is 19.9. The van der Waals surface area contributed by atoms with Crippen LogP contribution in [0.2, 0.25) is 0 Å². The molecule has 1 fully saturated rings. The highest BCUT2D eigenvalue weighted by Gasteiger charge is 2.19. The Balaban J connectivity index is 1.26. The fraction of sp³-hybridized carbons (Fsp3) is 0.172. The first kappa shape index (κ1) is 26.4. The van der Waals surface area contributed by atoms with Crippen molar-refractivity contribution in [3.05, 3.63) is 101 Å². The lowest BCUT2D eigenvalue weighted by atomic mass is 10.1. The summed E-state index contributed by atoms with van der Waals surface area (Å²) in [6.45, 7) is 2.76. The van der Waals surface area contributed by atoms with Gasteiger partial charge in [0.1, 0.15) is 11.5 Å². The highest BCUT2D eigenvalue weighted by Crippen LogP contribution is 2.27. The van der Waals surface area contributed by atoms with Crippen LogP contribution in [0.25, 0.3) is 27.8 Å². The first-order valence-electron chi connectivity index (χ1n) is 13.0. The van der Waals surface area contributed by atoms with Crippen LogP contribution in [0.15, 0.2) is 94.7 Å². The Bertz CT molecular complexity index is 1880. The van der Waals surface area contributed by atoms with Gasteiger partial charge in [0.2, 0.25) is 0 Å². The van der Waals surface area contributed by atoms with Crippen molar-refractivity contribution < 1.29 is 17.9 Å². The van der Waals surface area contributed by atoms with Gasteiger partial charge in [-0.15, -0.1) is 5.10 Å². The summed E-state index contributed by atoms with van der Waals surface area (Å²) in [6.07, 6.45) is 2.60. The van der Waals surface area contributed by atoms with E-state index in [9.17, 15) is 18.0 Å². The highest BCUT2D eigenvalue weighted by atomic mass is 32.2. The molecule has 0 saturated carbocycles. The number of hydrogen-bond donors (Lipinski definition) is 2. The maximum atomic E-state index is 13.0. The van der Waals surface area contributed by atoms with Crippen molar-refractivity contribution in [2.75, 3.05) is 31.2 Å². The number of ether oxygens (including phenoxy) is 1. The number of carbonyl (C=O) groups is 1. The number of para-hydroxylation sites is 1. The van der Waals surface area contributed by atoms with E-state index in [-0.39, 0.29) is 15.9 Å². The number of H-pyrrole nitrogens is 1. The summed E-state index contributed by atoms with van der Waals surface area (Å²) in [4.78, 5) is 31.2. The molecule has 1 saturated heterocycles. The first-order valence-corrected chi connectivity index (χ1v) is 14.5. The average molecular weight is 571 g/mol. The van der Waals surface area contributed by atoms with Crippen molar-refractivity contribution in [3.8, 4) is 16.9 Å². The molecule has 0 unspecified atom stereocenters. The second-order valence-electron chi connectivity index (χ2n) is 9.54. The lowest BCUT2D eigenvalue weighted by Crippen LogP contribution is -2.30. The van der Waals surface area contributed by atoms with Crippen LogP contribution in [0.3, 0.4) is 0 Å². The summed E-state index contributed by atoms with van der Waals surface area (Å²) in [5, 5.41) is 9.13. The zero-order chi connectivity index (χ0) is 28.4. The predicted molar refractivity (Wildman–Crippen MR) is 154 cm³/mol. The minimum absolute atomic E-state index is 0.00228. The molecule has 5 aromatic rings. The van der Waals surface area contributed by atoms with Gasteiger partial charge in [0.25, 0.3) is 15.9 Å². The Morgan fingerprint density at radius 1 is 0.951 bits per heavy atom. The Morgan fingerprint density at radius 3 is 2.56 bits per heavy atom. The van der Waals surface area contributed by atoms with Crippen molar-refractivity contribution in [3.63, 3.8) is 0 Å². The van der Waals surface area contributed by atoms with E-state index in [0.717, 1.165) is 24.3 Å². The van der Waals surface area contributed by atoms with Crippen LogP contribution < -0.4 is 15.1 Å². The Kier molecular flexibility index (Phi) is 7.08. The van der Waals surface area contributed by atoms with Crippen LogP contribution in [0.5, 0.6) is 0 Å². The molecule has 0 bridgehead atoms. The molecule has 1 aliphatic rings. The van der Waals surface area contributed by atoms with E-state index >= 15 is 0 Å². The van der Waals surface area contributed by atoms with Crippen molar-refractivity contribution >= 4 is 32.7 Å². The van der Waals surface area contributed by atoms with E-state index < -0.39 is 15.9 Å². The smallest absolute Gasteiger partial charge is 0.264 e. The van der Waals surface area contributed by atoms with Gasteiger partial charge < -0.3 is 14.6 Å². The molecule has 2 N–H and O–H groups in total. The largest absolute Gasteiger partial charge is 0.380 e. The van der Waals surface area contributed by atoms with Crippen LogP contribution in [0, 0.1) is 0 Å². The number of sulfonamides is 1. The number of fused-ring (bicyclic) bond motifs is 1. The summed E-state index contributed by atoms with van der Waals surface area (Å²) in [5.41, 5.74) is 2.64. The third kappa shape index (κ3) is 5.47. The number of aromatic amines is 1. The monoisotopic (exact) mass is 570 g/mol. The number of carbonyl (C=O) groups excluding carboxylic acids is 1. The van der Waals surface area contributed by atoms with Crippen LogP contribution in [-0.4, -0.2) is 60.6 Å². The van der Waals surface area contributed by atoms with E-state index in [2.05, 4.69) is 24.9 Å². The van der Waals surface area contributed by atoms with Gasteiger partial charge in [-0.25, -0.2) is 17.8 Å². The number of benzene rings is 3. The highest BCUT2D eigenvalue weighted by molar-refractivity contribution is 7.90. The van der Waals surface area contributed by atoms with Gasteiger partial charge in [-0.2, -0.15) is 0 Å². The van der Waals surface area contributed by atoms with E-state index in [1.54, 1.807) is 53.3 Å². The number of nitrogens with zero attached hydrogens (tertiary/aromatic N) is 4. The summed E-state index contributed by atoms with van der Waals surface area (Å²) in [5.74, 6) is -0.0119. The maximum Gasteiger partial charge on any atom is 0.264 e. The number of amides is 1. The quantitative estimate of drug-likeness (QED) is 0.318. The molecule has 12 heteroatoms. The van der Waals surface area contributed by atoms with E-state index in [1.165, 1.54) is 24.3 Å². The summed E-state index contributed by atoms with van der Waals surface area (Å²) in [7, 11) is -3.99. The zero-order valence-electron chi connectivity index (χ0n) is 21.9. The van der Waals surface area contributed by atoms with E-state index in [1.807, 2.05) is 12.1 Å². The van der Waals surface area contributed by atoms with E-state index in [4.69, 9.17) is 4.74 Å². The minimum Gasteiger partial charge on any atom is -0.380 e. The van der Waals surface area contributed by atoms with Gasteiger partial charge in [-0.3, -0.25) is 9.59 Å². The molecule has 1 aliphatic heterocycles. The molecule has 0 aliphatic carbocycles. The molecule has 2 aromatic heterocycles. The summed E-state index contributed by atoms with van der Waals surface area (Å²) in [6, 6.07) is 21.1. The average Bonchev–Trinajstić information content (AvgIpc) is 3.32. The van der Waals surface area contributed by atoms with Crippen molar-refractivity contribution in [1.29, 1.82) is 0 Å². The number of anilines is 1. The minimum atomic E-state index is -3.99. The normalized spacial score (nSPS) is 14.1. The predicted octanol–water partition coefficient (Wildman–Crippen LogP) is 3.12. The molecule has 208 valence electrons. The molecule has 0 spiro atoms. The van der Waals surface area contributed by atoms with E-state index in [0.29, 0.717) is 42.0 Å². The zero-order valence-corrected chi connectivity index (χ0v) is 22.7. The Hall–Kier alpha value is -4.81. The lowest BCUT2D eigenvalue weighted by Gasteiger charge is -2.22. The van der Waals surface area contributed by atoms with Crippen LogP contribution in [-0.2, 0) is 14.8 Å². The molecule has 6 rings (SSSR count). The Morgan fingerprint density at radius 2 is 1.76 bits per heavy atom. The van der Waals surface area contributed by atoms with Gasteiger partial charge in [-0.1, -0.05) is 35.5 Å². The maximum absolute atomic E-state index is 13.0. The van der Waals surface area contributed by atoms with Crippen LogP contribution in [0.4, 0.5) is 5.82 Å². The molecule has 3 aromatic carbocycles. The molecule has 41 heavy (non-hydrogen) atoms. The molecule has 0 radical (unpaired) electrons. The number of hydrogen-bond acceptors (Lipinski definition) is 8. The van der Waals surface area contributed by atoms with Crippen molar-refractivity contribution in [2.45, 2.75) is 11.3 Å². The number of pyridine rings is 1. The standard InChI is InChI=1S/C29H26N6O5S/c36-26-18-27(34-14-5-16-40-17-15-34)30-28-23(8-4-9-24(26)28)25-19-35(33-31-25)21-12-10-20(11-13-21)29(37)32-41(38,39)22-6-2-1-3-7-22/h1-4,6-13,18-19H,5,14-17H2,(H,30,36)(H,32,37). The summed E-state index contributed by atoms with van der Waals surface area (Å²) < 4.78 is 34.2. The molecule has 1 amide bonds. The number of rotatable bonds is 6. The van der Waals surface area contributed by atoms with Gasteiger partial charge in [0.05, 0.1) is 28.9 Å². The topological polar surface area (TPSA) is 139 Å². The summed E-state index contributed by atoms with van der Waals surface area (Å²) >= 11 is 0. The fourth-order valence-corrected chi connectivity index (χ4v) is 5.74. The third-order valence-corrected chi connectivity index (χ3v) is 8.20. The van der Waals surface area contributed by atoms with Crippen molar-refractivity contribution in [2.24, 2.45) is 0 Å². The lowest BCUT2D eigenvalue weighted by molar-refractivity contribution is 0.0981. The van der Waals surface area contributed by atoms with Crippen LogP contribution in [0.1, 0.15) is 16.8 Å². The second kappa shape index (κ2) is 11.0. The fourth-order valence-electron chi connectivity index (χ4n) is 4.75. The Labute approximate surface area is 235 Å². The molecular weight excluding hydrogens is 544 g/mol. The van der Waals surface area contributed by atoms with Gasteiger partial charge in [-0.05, 0) is 48.9 Å². The van der Waals surface area contributed by atoms with Crippen LogP contribution >= 0.6 is 0 Å². The van der Waals surface area contributed by atoms with Gasteiger partial charge in [0, 0.05) is 42.3 Å². The third-order valence-electron chi connectivity index (χ3n) is 6.86. The number of nitrogens with one attached hydrogen (secondary N) is 2. The SMILES string of the molecule is O=C(NS(=O)(=O)c1ccccc1)c1ccc(-n2cc(-c3cccc4c(=O)cc(N5CCCOCC5)[nH]c34)nn2)cc1.